The van der Waals surface area contributed by atoms with Crippen LogP contribution >= 0.6 is 11.8 Å². The second-order valence-corrected chi connectivity index (χ2v) is 7.39. The second-order valence-electron chi connectivity index (χ2n) is 6.07. The van der Waals surface area contributed by atoms with E-state index in [1.807, 2.05) is 0 Å². The molecule has 2 aliphatic rings. The highest BCUT2D eigenvalue weighted by molar-refractivity contribution is 8.00. The predicted molar refractivity (Wildman–Crippen MR) is 83.7 cm³/mol. The van der Waals surface area contributed by atoms with Crippen LogP contribution < -0.4 is 5.73 Å². The van der Waals surface area contributed by atoms with Gasteiger partial charge in [0.25, 0.3) is 0 Å². The van der Waals surface area contributed by atoms with Crippen molar-refractivity contribution in [3.05, 3.63) is 29.3 Å². The van der Waals surface area contributed by atoms with Crippen LogP contribution in [0.2, 0.25) is 0 Å². The molecule has 0 radical (unpaired) electrons. The first-order valence-corrected chi connectivity index (χ1v) is 8.73. The average molecular weight is 275 g/mol. The van der Waals surface area contributed by atoms with Crippen molar-refractivity contribution in [1.82, 2.24) is 0 Å². The van der Waals surface area contributed by atoms with Crippen LogP contribution in [0.1, 0.15) is 49.7 Å². The summed E-state index contributed by atoms with van der Waals surface area (Å²) in [5, 5.41) is 0.743. The Bertz CT molecular complexity index is 429. The third-order valence-corrected chi connectivity index (χ3v) is 6.20. The van der Waals surface area contributed by atoms with Crippen LogP contribution in [-0.2, 0) is 12.8 Å². The van der Waals surface area contributed by atoms with Crippen molar-refractivity contribution < 1.29 is 0 Å². The van der Waals surface area contributed by atoms with E-state index < -0.39 is 0 Å². The maximum absolute atomic E-state index is 5.99. The Kier molecular flexibility index (Phi) is 4.49. The molecule has 1 saturated carbocycles. The Hall–Kier alpha value is -0.470. The first kappa shape index (κ1) is 13.5. The minimum absolute atomic E-state index is 0.723. The van der Waals surface area contributed by atoms with Crippen molar-refractivity contribution >= 4 is 11.8 Å². The van der Waals surface area contributed by atoms with Crippen LogP contribution in [-0.4, -0.2) is 11.8 Å². The van der Waals surface area contributed by atoms with Crippen LogP contribution in [0, 0.1) is 5.92 Å². The van der Waals surface area contributed by atoms with Gasteiger partial charge in [-0.3, -0.25) is 0 Å². The van der Waals surface area contributed by atoms with E-state index in [4.69, 9.17) is 5.73 Å². The fourth-order valence-corrected chi connectivity index (χ4v) is 5.00. The Morgan fingerprint density at radius 3 is 2.74 bits per heavy atom. The van der Waals surface area contributed by atoms with E-state index in [9.17, 15) is 0 Å². The molecule has 1 aromatic carbocycles. The number of hydrogen-bond donors (Lipinski definition) is 1. The fourth-order valence-electron chi connectivity index (χ4n) is 3.57. The van der Waals surface area contributed by atoms with Crippen molar-refractivity contribution in [2.75, 3.05) is 6.54 Å². The molecule has 0 saturated heterocycles. The van der Waals surface area contributed by atoms with Gasteiger partial charge < -0.3 is 5.73 Å². The molecule has 104 valence electrons. The topological polar surface area (TPSA) is 26.0 Å². The first-order chi connectivity index (χ1) is 9.36. The van der Waals surface area contributed by atoms with Crippen LogP contribution in [0.5, 0.6) is 0 Å². The number of benzene rings is 1. The fraction of sp³-hybridized carbons (Fsp3) is 0.647. The van der Waals surface area contributed by atoms with Gasteiger partial charge in [0.15, 0.2) is 0 Å². The molecule has 2 aliphatic carbocycles. The lowest BCUT2D eigenvalue weighted by molar-refractivity contribution is 0.483. The molecule has 0 amide bonds. The average Bonchev–Trinajstić information content (AvgIpc) is 2.78. The quantitative estimate of drug-likeness (QED) is 0.838. The van der Waals surface area contributed by atoms with Gasteiger partial charge in [-0.15, -0.1) is 11.8 Å². The lowest BCUT2D eigenvalue weighted by atomic mass is 10.0. The molecular weight excluding hydrogens is 250 g/mol. The summed E-state index contributed by atoms with van der Waals surface area (Å²) >= 11 is 2.10. The molecular formula is C17H25NS. The Labute approximate surface area is 121 Å². The molecule has 2 heteroatoms. The molecule has 2 atom stereocenters. The van der Waals surface area contributed by atoms with E-state index in [0.29, 0.717) is 0 Å². The Morgan fingerprint density at radius 2 is 1.84 bits per heavy atom. The zero-order valence-corrected chi connectivity index (χ0v) is 12.6. The minimum atomic E-state index is 0.723. The largest absolute Gasteiger partial charge is 0.330 e. The van der Waals surface area contributed by atoms with Crippen molar-refractivity contribution in [2.45, 2.75) is 61.5 Å². The van der Waals surface area contributed by atoms with Gasteiger partial charge >= 0.3 is 0 Å². The van der Waals surface area contributed by atoms with E-state index in [1.54, 1.807) is 11.1 Å². The minimum Gasteiger partial charge on any atom is -0.330 e. The zero-order chi connectivity index (χ0) is 13.1. The van der Waals surface area contributed by atoms with E-state index in [1.165, 1.54) is 56.3 Å². The van der Waals surface area contributed by atoms with E-state index in [0.717, 1.165) is 17.7 Å². The van der Waals surface area contributed by atoms with E-state index in [-0.39, 0.29) is 0 Å². The molecule has 2 N–H and O–H groups in total. The van der Waals surface area contributed by atoms with Gasteiger partial charge in [-0.1, -0.05) is 25.3 Å². The summed E-state index contributed by atoms with van der Waals surface area (Å²) in [5.74, 6) is 0.723. The molecule has 0 heterocycles. The summed E-state index contributed by atoms with van der Waals surface area (Å²) < 4.78 is 0. The lowest BCUT2D eigenvalue weighted by Gasteiger charge is -2.23. The predicted octanol–water partition coefficient (Wildman–Crippen LogP) is 4.18. The maximum Gasteiger partial charge on any atom is 0.0135 e. The summed E-state index contributed by atoms with van der Waals surface area (Å²) in [6, 6.07) is 7.15. The van der Waals surface area contributed by atoms with Gasteiger partial charge in [-0.05, 0) is 67.8 Å². The summed E-state index contributed by atoms with van der Waals surface area (Å²) in [4.78, 5) is 1.48. The van der Waals surface area contributed by atoms with Crippen molar-refractivity contribution in [3.63, 3.8) is 0 Å². The highest BCUT2D eigenvalue weighted by atomic mass is 32.2. The van der Waals surface area contributed by atoms with Crippen molar-refractivity contribution in [1.29, 1.82) is 0 Å². The first-order valence-electron chi connectivity index (χ1n) is 7.85. The van der Waals surface area contributed by atoms with Gasteiger partial charge in [0.05, 0.1) is 0 Å². The van der Waals surface area contributed by atoms with E-state index in [2.05, 4.69) is 30.0 Å². The summed E-state index contributed by atoms with van der Waals surface area (Å²) in [5.41, 5.74) is 9.18. The summed E-state index contributed by atoms with van der Waals surface area (Å²) in [7, 11) is 0. The number of hydrogen-bond acceptors (Lipinski definition) is 2. The molecule has 2 unspecified atom stereocenters. The van der Waals surface area contributed by atoms with Gasteiger partial charge in [0.2, 0.25) is 0 Å². The lowest BCUT2D eigenvalue weighted by Crippen LogP contribution is -2.24. The normalized spacial score (nSPS) is 27.0. The number of rotatable bonds is 3. The molecule has 0 aliphatic heterocycles. The van der Waals surface area contributed by atoms with Crippen molar-refractivity contribution in [2.24, 2.45) is 11.7 Å². The maximum atomic E-state index is 5.99. The zero-order valence-electron chi connectivity index (χ0n) is 11.7. The van der Waals surface area contributed by atoms with E-state index >= 15 is 0 Å². The second kappa shape index (κ2) is 6.32. The molecule has 3 rings (SSSR count). The summed E-state index contributed by atoms with van der Waals surface area (Å²) in [6.07, 6.45) is 10.8. The third-order valence-electron chi connectivity index (χ3n) is 4.75. The molecule has 1 aromatic rings. The highest BCUT2D eigenvalue weighted by Crippen LogP contribution is 2.37. The molecule has 1 fully saturated rings. The molecule has 0 spiro atoms. The smallest absolute Gasteiger partial charge is 0.0135 e. The molecule has 1 nitrogen and oxygen atoms in total. The van der Waals surface area contributed by atoms with Gasteiger partial charge in [-0.2, -0.15) is 0 Å². The van der Waals surface area contributed by atoms with Crippen LogP contribution in [0.25, 0.3) is 0 Å². The number of aryl methyl sites for hydroxylation is 2. The number of fused-ring (bicyclic) bond motifs is 1. The summed E-state index contributed by atoms with van der Waals surface area (Å²) in [6.45, 7) is 0.864. The highest BCUT2D eigenvalue weighted by Gasteiger charge is 2.24. The monoisotopic (exact) mass is 275 g/mol. The van der Waals surface area contributed by atoms with Crippen molar-refractivity contribution in [3.8, 4) is 0 Å². The SMILES string of the molecule is NCC1CCCCCC1Sc1ccc2c(c1)CCC2. The van der Waals surface area contributed by atoms with Gasteiger partial charge in [-0.25, -0.2) is 0 Å². The van der Waals surface area contributed by atoms with Crippen LogP contribution in [0.15, 0.2) is 23.1 Å². The van der Waals surface area contributed by atoms with Gasteiger partial charge in [0, 0.05) is 10.1 Å². The third kappa shape index (κ3) is 3.17. The Balaban J connectivity index is 1.72. The number of nitrogens with two attached hydrogens (primary N) is 1. The molecule has 0 bridgehead atoms. The molecule has 19 heavy (non-hydrogen) atoms. The number of thioether (sulfide) groups is 1. The standard InChI is InChI=1S/C17H25NS/c18-12-15-5-2-1-3-8-17(15)19-16-10-9-13-6-4-7-14(13)11-16/h9-11,15,17H,1-8,12,18H2. The van der Waals surface area contributed by atoms with Crippen LogP contribution in [0.4, 0.5) is 0 Å². The molecule has 0 aromatic heterocycles. The van der Waals surface area contributed by atoms with Crippen LogP contribution in [0.3, 0.4) is 0 Å². The Morgan fingerprint density at radius 1 is 1.00 bits per heavy atom. The van der Waals surface area contributed by atoms with Gasteiger partial charge in [0.1, 0.15) is 0 Å².